The summed E-state index contributed by atoms with van der Waals surface area (Å²) in [6, 6.07) is 1.91. The van der Waals surface area contributed by atoms with Gasteiger partial charge in [-0.2, -0.15) is 5.10 Å². The smallest absolute Gasteiger partial charge is 0.201 e. The van der Waals surface area contributed by atoms with Crippen LogP contribution in [0.5, 0.6) is 0 Å². The van der Waals surface area contributed by atoms with Gasteiger partial charge in [0.1, 0.15) is 0 Å². The molecule has 0 saturated heterocycles. The van der Waals surface area contributed by atoms with Gasteiger partial charge in [0, 0.05) is 11.8 Å². The second-order valence-corrected chi connectivity index (χ2v) is 4.45. The van der Waals surface area contributed by atoms with Crippen molar-refractivity contribution in [2.45, 2.75) is 19.0 Å². The molecule has 2 heterocycles. The number of nitrogens with one attached hydrogen (secondary N) is 1. The summed E-state index contributed by atoms with van der Waals surface area (Å²) in [6.07, 6.45) is 0. The summed E-state index contributed by atoms with van der Waals surface area (Å²) in [5.41, 5.74) is 1.79. The number of thioether (sulfide) groups is 1. The van der Waals surface area contributed by atoms with E-state index in [1.54, 1.807) is 11.8 Å². The standard InChI is InChI=1S/C8H10N4S2/c1-3-14-8-9-5(2)4-6-10-11-7(13)12(6)8/h4H,3H2,1-2H3,(H,11,13). The molecule has 1 N–H and O–H groups in total. The van der Waals surface area contributed by atoms with E-state index in [9.17, 15) is 0 Å². The molecule has 0 radical (unpaired) electrons. The van der Waals surface area contributed by atoms with Crippen LogP contribution < -0.4 is 0 Å². The Hall–Kier alpha value is -0.880. The monoisotopic (exact) mass is 226 g/mol. The van der Waals surface area contributed by atoms with Gasteiger partial charge in [-0.15, -0.1) is 0 Å². The zero-order chi connectivity index (χ0) is 10.1. The van der Waals surface area contributed by atoms with Gasteiger partial charge >= 0.3 is 0 Å². The van der Waals surface area contributed by atoms with Crippen molar-refractivity contribution in [2.75, 3.05) is 5.75 Å². The van der Waals surface area contributed by atoms with E-state index in [0.717, 1.165) is 22.3 Å². The maximum absolute atomic E-state index is 5.12. The van der Waals surface area contributed by atoms with Crippen molar-refractivity contribution in [2.24, 2.45) is 0 Å². The van der Waals surface area contributed by atoms with Gasteiger partial charge in [0.25, 0.3) is 0 Å². The molecule has 2 aromatic rings. The number of fused-ring (bicyclic) bond motifs is 1. The third kappa shape index (κ3) is 1.55. The van der Waals surface area contributed by atoms with Crippen LogP contribution in [0.1, 0.15) is 12.6 Å². The van der Waals surface area contributed by atoms with Crippen LogP contribution in [-0.4, -0.2) is 25.3 Å². The SMILES string of the molecule is CCSc1nc(C)cc2n[nH]c(=S)n12. The topological polar surface area (TPSA) is 46.0 Å². The molecular weight excluding hydrogens is 216 g/mol. The Morgan fingerprint density at radius 3 is 3.14 bits per heavy atom. The average molecular weight is 226 g/mol. The van der Waals surface area contributed by atoms with Crippen molar-refractivity contribution >= 4 is 29.6 Å². The molecule has 74 valence electrons. The number of rotatable bonds is 2. The van der Waals surface area contributed by atoms with Crippen LogP contribution >= 0.6 is 24.0 Å². The molecule has 0 atom stereocenters. The fourth-order valence-electron chi connectivity index (χ4n) is 1.24. The van der Waals surface area contributed by atoms with Gasteiger partial charge in [-0.1, -0.05) is 18.7 Å². The first-order chi connectivity index (χ1) is 6.72. The molecule has 0 aliphatic rings. The largest absolute Gasteiger partial charge is 0.251 e. The molecule has 0 aliphatic carbocycles. The maximum atomic E-state index is 5.12. The van der Waals surface area contributed by atoms with Crippen molar-refractivity contribution in [3.05, 3.63) is 16.5 Å². The Labute approximate surface area is 90.8 Å². The van der Waals surface area contributed by atoms with E-state index in [2.05, 4.69) is 22.1 Å². The summed E-state index contributed by atoms with van der Waals surface area (Å²) < 4.78 is 2.46. The minimum absolute atomic E-state index is 0.600. The first-order valence-corrected chi connectivity index (χ1v) is 5.69. The Kier molecular flexibility index (Phi) is 2.56. The zero-order valence-corrected chi connectivity index (χ0v) is 9.58. The first-order valence-electron chi connectivity index (χ1n) is 4.30. The number of H-pyrrole nitrogens is 1. The van der Waals surface area contributed by atoms with Gasteiger partial charge in [-0.3, -0.25) is 5.10 Å². The highest BCUT2D eigenvalue weighted by Crippen LogP contribution is 2.17. The molecule has 0 unspecified atom stereocenters. The predicted octanol–water partition coefficient (Wildman–Crippen LogP) is 2.21. The van der Waals surface area contributed by atoms with Crippen molar-refractivity contribution in [3.8, 4) is 0 Å². The van der Waals surface area contributed by atoms with E-state index in [1.807, 2.05) is 17.4 Å². The second kappa shape index (κ2) is 3.70. The molecule has 0 saturated carbocycles. The van der Waals surface area contributed by atoms with Crippen molar-refractivity contribution < 1.29 is 0 Å². The first kappa shape index (κ1) is 9.67. The zero-order valence-electron chi connectivity index (χ0n) is 7.94. The molecule has 0 aliphatic heterocycles. The minimum Gasteiger partial charge on any atom is -0.251 e. The molecule has 6 heteroatoms. The maximum Gasteiger partial charge on any atom is 0.201 e. The molecule has 0 aromatic carbocycles. The Morgan fingerprint density at radius 1 is 1.64 bits per heavy atom. The van der Waals surface area contributed by atoms with Crippen LogP contribution in [-0.2, 0) is 0 Å². The number of nitrogens with zero attached hydrogens (tertiary/aromatic N) is 3. The lowest BCUT2D eigenvalue weighted by atomic mass is 10.4. The summed E-state index contributed by atoms with van der Waals surface area (Å²) in [4.78, 5) is 4.42. The fraction of sp³-hybridized carbons (Fsp3) is 0.375. The van der Waals surface area contributed by atoms with Gasteiger partial charge in [-0.05, 0) is 24.9 Å². The van der Waals surface area contributed by atoms with E-state index >= 15 is 0 Å². The Bertz CT molecular complexity index is 514. The van der Waals surface area contributed by atoms with E-state index < -0.39 is 0 Å². The molecule has 0 spiro atoms. The lowest BCUT2D eigenvalue weighted by molar-refractivity contribution is 0.865. The minimum atomic E-state index is 0.600. The van der Waals surface area contributed by atoms with Gasteiger partial charge in [0.2, 0.25) is 4.77 Å². The normalized spacial score (nSPS) is 11.0. The second-order valence-electron chi connectivity index (χ2n) is 2.84. The highest BCUT2D eigenvalue weighted by Gasteiger charge is 2.05. The van der Waals surface area contributed by atoms with Crippen molar-refractivity contribution in [1.29, 1.82) is 0 Å². The van der Waals surface area contributed by atoms with E-state index in [-0.39, 0.29) is 0 Å². The van der Waals surface area contributed by atoms with Crippen LogP contribution in [0.15, 0.2) is 11.2 Å². The van der Waals surface area contributed by atoms with Crippen molar-refractivity contribution in [1.82, 2.24) is 19.6 Å². The summed E-state index contributed by atoms with van der Waals surface area (Å²) in [5, 5.41) is 7.78. The Balaban J connectivity index is 2.77. The highest BCUT2D eigenvalue weighted by molar-refractivity contribution is 7.99. The molecule has 0 bridgehead atoms. The number of hydrogen-bond donors (Lipinski definition) is 1. The lowest BCUT2D eigenvalue weighted by Gasteiger charge is -2.02. The number of aromatic nitrogens is 4. The molecular formula is C8H10N4S2. The highest BCUT2D eigenvalue weighted by atomic mass is 32.2. The number of aryl methyl sites for hydroxylation is 1. The van der Waals surface area contributed by atoms with Gasteiger partial charge in [0.05, 0.1) is 0 Å². The van der Waals surface area contributed by atoms with Crippen molar-refractivity contribution in [3.63, 3.8) is 0 Å². The number of hydrogen-bond acceptors (Lipinski definition) is 4. The molecule has 14 heavy (non-hydrogen) atoms. The van der Waals surface area contributed by atoms with Gasteiger partial charge < -0.3 is 0 Å². The molecule has 4 nitrogen and oxygen atoms in total. The molecule has 2 rings (SSSR count). The molecule has 0 amide bonds. The molecule has 0 fully saturated rings. The van der Waals surface area contributed by atoms with Gasteiger partial charge in [0.15, 0.2) is 10.8 Å². The summed E-state index contributed by atoms with van der Waals surface area (Å²) in [5.74, 6) is 0.971. The Morgan fingerprint density at radius 2 is 2.43 bits per heavy atom. The van der Waals surface area contributed by atoms with Crippen LogP contribution in [0.25, 0.3) is 5.65 Å². The van der Waals surface area contributed by atoms with Crippen LogP contribution in [0, 0.1) is 11.7 Å². The third-order valence-corrected chi connectivity index (χ3v) is 2.87. The summed E-state index contributed by atoms with van der Waals surface area (Å²) >= 11 is 6.79. The van der Waals surface area contributed by atoms with Gasteiger partial charge in [-0.25, -0.2) is 9.38 Å². The number of aromatic amines is 1. The van der Waals surface area contributed by atoms with Crippen LogP contribution in [0.3, 0.4) is 0 Å². The van der Waals surface area contributed by atoms with E-state index in [0.29, 0.717) is 4.77 Å². The average Bonchev–Trinajstić information content (AvgIpc) is 2.48. The van der Waals surface area contributed by atoms with Crippen LogP contribution in [0.2, 0.25) is 0 Å². The van der Waals surface area contributed by atoms with E-state index in [4.69, 9.17) is 12.2 Å². The fourth-order valence-corrected chi connectivity index (χ4v) is 2.30. The lowest BCUT2D eigenvalue weighted by Crippen LogP contribution is -1.96. The van der Waals surface area contributed by atoms with E-state index in [1.165, 1.54) is 0 Å². The third-order valence-electron chi connectivity index (χ3n) is 1.77. The predicted molar refractivity (Wildman–Crippen MR) is 59.3 cm³/mol. The summed E-state index contributed by atoms with van der Waals surface area (Å²) in [7, 11) is 0. The molecule has 2 aromatic heterocycles. The summed E-state index contributed by atoms with van der Waals surface area (Å²) in [6.45, 7) is 4.04. The van der Waals surface area contributed by atoms with Crippen LogP contribution in [0.4, 0.5) is 0 Å². The quantitative estimate of drug-likeness (QED) is 0.484.